The van der Waals surface area contributed by atoms with E-state index in [1.807, 2.05) is 12.1 Å². The van der Waals surface area contributed by atoms with E-state index in [0.717, 1.165) is 15.8 Å². The van der Waals surface area contributed by atoms with E-state index in [-0.39, 0.29) is 23.5 Å². The molecule has 3 rings (SSSR count). The standard InChI is InChI=1S/C18H16BrN5O3S/c1-27-14-7-5-12(6-8-14)21-16(25)17-24-23-15(28-17)10-20-18(26)22-13-4-2-3-11(19)9-13/h2-9H,10H2,1H3,(H,21,25)(H2,20,22,26). The molecule has 0 spiro atoms. The highest BCUT2D eigenvalue weighted by Gasteiger charge is 2.14. The number of carbonyl (C=O) groups is 2. The quantitative estimate of drug-likeness (QED) is 0.516. The molecule has 0 aliphatic heterocycles. The number of amides is 3. The molecular formula is C18H16BrN5O3S. The Bertz CT molecular complexity index is 977. The number of urea groups is 1. The third kappa shape index (κ3) is 5.51. The summed E-state index contributed by atoms with van der Waals surface area (Å²) >= 11 is 4.45. The van der Waals surface area contributed by atoms with Gasteiger partial charge in [-0.15, -0.1) is 10.2 Å². The molecule has 8 nitrogen and oxygen atoms in total. The molecule has 0 atom stereocenters. The lowest BCUT2D eigenvalue weighted by Gasteiger charge is -2.06. The van der Waals surface area contributed by atoms with Gasteiger partial charge in [0.05, 0.1) is 13.7 Å². The fourth-order valence-corrected chi connectivity index (χ4v) is 3.25. The molecule has 28 heavy (non-hydrogen) atoms. The average Bonchev–Trinajstić information content (AvgIpc) is 3.16. The predicted molar refractivity (Wildman–Crippen MR) is 111 cm³/mol. The minimum atomic E-state index is -0.377. The van der Waals surface area contributed by atoms with Crippen LogP contribution in [0.5, 0.6) is 5.75 Å². The number of nitrogens with one attached hydrogen (secondary N) is 3. The van der Waals surface area contributed by atoms with E-state index in [9.17, 15) is 9.59 Å². The zero-order valence-corrected chi connectivity index (χ0v) is 17.1. The number of carbonyl (C=O) groups excluding carboxylic acids is 2. The van der Waals surface area contributed by atoms with Crippen LogP contribution in [0.15, 0.2) is 53.0 Å². The molecule has 0 radical (unpaired) electrons. The van der Waals surface area contributed by atoms with Crippen LogP contribution in [0.3, 0.4) is 0 Å². The first-order valence-corrected chi connectivity index (χ1v) is 9.72. The molecule has 1 heterocycles. The Labute approximate surface area is 173 Å². The van der Waals surface area contributed by atoms with E-state index in [1.165, 1.54) is 0 Å². The molecule has 0 unspecified atom stereocenters. The van der Waals surface area contributed by atoms with Crippen molar-refractivity contribution in [3.8, 4) is 5.75 Å². The van der Waals surface area contributed by atoms with E-state index >= 15 is 0 Å². The molecule has 0 bridgehead atoms. The maximum Gasteiger partial charge on any atom is 0.319 e. The van der Waals surface area contributed by atoms with Crippen LogP contribution in [0, 0.1) is 0 Å². The van der Waals surface area contributed by atoms with Crippen molar-refractivity contribution >= 4 is 50.6 Å². The van der Waals surface area contributed by atoms with Crippen molar-refractivity contribution in [3.63, 3.8) is 0 Å². The molecule has 1 aromatic heterocycles. The Hall–Kier alpha value is -2.98. The van der Waals surface area contributed by atoms with Gasteiger partial charge in [0.1, 0.15) is 10.8 Å². The Morgan fingerprint density at radius 2 is 1.86 bits per heavy atom. The number of methoxy groups -OCH3 is 1. The Morgan fingerprint density at radius 1 is 1.07 bits per heavy atom. The van der Waals surface area contributed by atoms with Gasteiger partial charge >= 0.3 is 6.03 Å². The third-order valence-corrected chi connectivity index (χ3v) is 4.91. The molecule has 2 aromatic carbocycles. The lowest BCUT2D eigenvalue weighted by molar-refractivity contribution is 0.102. The predicted octanol–water partition coefficient (Wildman–Crippen LogP) is 3.88. The second kappa shape index (κ2) is 9.29. The van der Waals surface area contributed by atoms with Crippen molar-refractivity contribution in [1.82, 2.24) is 15.5 Å². The number of nitrogens with zero attached hydrogens (tertiary/aromatic N) is 2. The Morgan fingerprint density at radius 3 is 2.57 bits per heavy atom. The van der Waals surface area contributed by atoms with Gasteiger partial charge in [0.15, 0.2) is 0 Å². The van der Waals surface area contributed by atoms with Crippen molar-refractivity contribution in [3.05, 3.63) is 63.0 Å². The van der Waals surface area contributed by atoms with Crippen LogP contribution >= 0.6 is 27.3 Å². The summed E-state index contributed by atoms with van der Waals surface area (Å²) in [4.78, 5) is 24.2. The molecule has 0 saturated heterocycles. The fraction of sp³-hybridized carbons (Fsp3) is 0.111. The van der Waals surface area contributed by atoms with E-state index in [4.69, 9.17) is 4.74 Å². The summed E-state index contributed by atoms with van der Waals surface area (Å²) in [5.74, 6) is 0.330. The second-order valence-corrected chi connectivity index (χ2v) is 7.48. The summed E-state index contributed by atoms with van der Waals surface area (Å²) in [5.41, 5.74) is 1.28. The Kier molecular flexibility index (Phi) is 6.56. The molecule has 0 saturated carbocycles. The average molecular weight is 462 g/mol. The minimum Gasteiger partial charge on any atom is -0.497 e. The van der Waals surface area contributed by atoms with Crippen molar-refractivity contribution in [2.24, 2.45) is 0 Å². The molecule has 0 aliphatic carbocycles. The largest absolute Gasteiger partial charge is 0.497 e. The first-order valence-electron chi connectivity index (χ1n) is 8.11. The van der Waals surface area contributed by atoms with Gasteiger partial charge in [0, 0.05) is 15.8 Å². The second-order valence-electron chi connectivity index (χ2n) is 5.50. The highest BCUT2D eigenvalue weighted by molar-refractivity contribution is 9.10. The third-order valence-electron chi connectivity index (χ3n) is 3.49. The van der Waals surface area contributed by atoms with Gasteiger partial charge in [-0.25, -0.2) is 4.79 Å². The summed E-state index contributed by atoms with van der Waals surface area (Å²) < 4.78 is 5.94. The zero-order valence-electron chi connectivity index (χ0n) is 14.7. The monoisotopic (exact) mass is 461 g/mol. The number of benzene rings is 2. The molecule has 10 heteroatoms. The summed E-state index contributed by atoms with van der Waals surface area (Å²) in [7, 11) is 1.57. The van der Waals surface area contributed by atoms with E-state index in [0.29, 0.717) is 22.1 Å². The van der Waals surface area contributed by atoms with Crippen LogP contribution in [0.25, 0.3) is 0 Å². The lowest BCUT2D eigenvalue weighted by Crippen LogP contribution is -2.28. The number of ether oxygens (including phenoxy) is 1. The first kappa shape index (κ1) is 19.8. The van der Waals surface area contributed by atoms with Crippen molar-refractivity contribution < 1.29 is 14.3 Å². The minimum absolute atomic E-state index is 0.160. The van der Waals surface area contributed by atoms with Gasteiger partial charge in [-0.3, -0.25) is 4.79 Å². The maximum absolute atomic E-state index is 12.3. The number of halogens is 1. The van der Waals surface area contributed by atoms with Gasteiger partial charge < -0.3 is 20.7 Å². The molecule has 3 amide bonds. The topological polar surface area (TPSA) is 105 Å². The van der Waals surface area contributed by atoms with Crippen molar-refractivity contribution in [1.29, 1.82) is 0 Å². The summed E-state index contributed by atoms with van der Waals surface area (Å²) in [6.07, 6.45) is 0. The van der Waals surface area contributed by atoms with Gasteiger partial charge in [0.25, 0.3) is 5.91 Å². The van der Waals surface area contributed by atoms with Gasteiger partial charge in [-0.05, 0) is 42.5 Å². The molecule has 0 fully saturated rings. The van der Waals surface area contributed by atoms with E-state index in [1.54, 1.807) is 43.5 Å². The van der Waals surface area contributed by atoms with Gasteiger partial charge in [0.2, 0.25) is 5.01 Å². The van der Waals surface area contributed by atoms with Gasteiger partial charge in [-0.2, -0.15) is 0 Å². The number of rotatable bonds is 6. The highest BCUT2D eigenvalue weighted by atomic mass is 79.9. The lowest BCUT2D eigenvalue weighted by atomic mass is 10.3. The van der Waals surface area contributed by atoms with Gasteiger partial charge in [-0.1, -0.05) is 33.3 Å². The maximum atomic E-state index is 12.3. The summed E-state index contributed by atoms with van der Waals surface area (Å²) in [6.45, 7) is 0.160. The summed E-state index contributed by atoms with van der Waals surface area (Å²) in [5, 5.41) is 16.7. The smallest absolute Gasteiger partial charge is 0.319 e. The fourth-order valence-electron chi connectivity index (χ4n) is 2.17. The number of aromatic nitrogens is 2. The van der Waals surface area contributed by atoms with Crippen molar-refractivity contribution in [2.45, 2.75) is 6.54 Å². The molecule has 0 aliphatic rings. The Balaban J connectivity index is 1.51. The van der Waals surface area contributed by atoms with Crippen LogP contribution < -0.4 is 20.7 Å². The molecule has 144 valence electrons. The number of hydrogen-bond donors (Lipinski definition) is 3. The van der Waals surface area contributed by atoms with Crippen molar-refractivity contribution in [2.75, 3.05) is 17.7 Å². The SMILES string of the molecule is COc1ccc(NC(=O)c2nnc(CNC(=O)Nc3cccc(Br)c3)s2)cc1. The van der Waals surface area contributed by atoms with Crippen LogP contribution in [-0.2, 0) is 6.54 Å². The molecule has 3 aromatic rings. The number of hydrogen-bond acceptors (Lipinski definition) is 6. The molecule has 3 N–H and O–H groups in total. The highest BCUT2D eigenvalue weighted by Crippen LogP contribution is 2.18. The van der Waals surface area contributed by atoms with Crippen LogP contribution in [-0.4, -0.2) is 29.2 Å². The van der Waals surface area contributed by atoms with Crippen LogP contribution in [0.1, 0.15) is 14.8 Å². The zero-order chi connectivity index (χ0) is 19.9. The van der Waals surface area contributed by atoms with E-state index in [2.05, 4.69) is 42.1 Å². The summed E-state index contributed by atoms with van der Waals surface area (Å²) in [6, 6.07) is 13.8. The molecular weight excluding hydrogens is 446 g/mol. The van der Waals surface area contributed by atoms with Crippen LogP contribution in [0.2, 0.25) is 0 Å². The number of anilines is 2. The normalized spacial score (nSPS) is 10.2. The van der Waals surface area contributed by atoms with E-state index < -0.39 is 0 Å². The first-order chi connectivity index (χ1) is 13.5. The van der Waals surface area contributed by atoms with Crippen LogP contribution in [0.4, 0.5) is 16.2 Å².